The second-order valence-electron chi connectivity index (χ2n) is 3.42. The van der Waals surface area contributed by atoms with Gasteiger partial charge < -0.3 is 13.9 Å². The molecule has 2 rings (SSSR count). The molecule has 0 spiro atoms. The van der Waals surface area contributed by atoms with Crippen LogP contribution in [0.25, 0.3) is 11.0 Å². The summed E-state index contributed by atoms with van der Waals surface area (Å²) in [5, 5.41) is 0.470. The van der Waals surface area contributed by atoms with Crippen molar-refractivity contribution >= 4 is 22.9 Å². The Hall–Kier alpha value is -2.30. The van der Waals surface area contributed by atoms with E-state index in [-0.39, 0.29) is 5.75 Å². The summed E-state index contributed by atoms with van der Waals surface area (Å²) in [4.78, 5) is 21.9. The molecular weight excluding hydrogens is 224 g/mol. The highest BCUT2D eigenvalue weighted by molar-refractivity contribution is 5.93. The molecule has 2 aromatic rings. The van der Waals surface area contributed by atoms with Crippen LogP contribution in [0.2, 0.25) is 0 Å². The molecule has 5 nitrogen and oxygen atoms in total. The van der Waals surface area contributed by atoms with E-state index in [0.717, 1.165) is 0 Å². The first-order chi connectivity index (χ1) is 8.08. The summed E-state index contributed by atoms with van der Waals surface area (Å²) < 4.78 is 15.2. The number of hydrogen-bond acceptors (Lipinski definition) is 5. The number of benzene rings is 1. The van der Waals surface area contributed by atoms with Crippen LogP contribution in [-0.2, 0) is 9.59 Å². The Morgan fingerprint density at radius 1 is 1.06 bits per heavy atom. The lowest BCUT2D eigenvalue weighted by atomic mass is 10.2. The molecule has 0 unspecified atom stereocenters. The fourth-order valence-electron chi connectivity index (χ4n) is 1.50. The Balaban J connectivity index is 2.54. The molecule has 0 aliphatic rings. The van der Waals surface area contributed by atoms with E-state index in [4.69, 9.17) is 13.9 Å². The minimum atomic E-state index is -0.467. The molecule has 0 saturated heterocycles. The average Bonchev–Trinajstić information content (AvgIpc) is 2.61. The zero-order chi connectivity index (χ0) is 12.4. The van der Waals surface area contributed by atoms with Crippen LogP contribution in [0.15, 0.2) is 28.9 Å². The lowest BCUT2D eigenvalue weighted by Crippen LogP contribution is -2.03. The Morgan fingerprint density at radius 2 is 1.71 bits per heavy atom. The van der Waals surface area contributed by atoms with Crippen LogP contribution >= 0.6 is 0 Å². The minimum Gasteiger partial charge on any atom is -0.460 e. The van der Waals surface area contributed by atoms with Crippen molar-refractivity contribution in [2.45, 2.75) is 13.8 Å². The van der Waals surface area contributed by atoms with Crippen LogP contribution in [0.3, 0.4) is 0 Å². The molecule has 0 radical (unpaired) electrons. The Morgan fingerprint density at radius 3 is 2.35 bits per heavy atom. The molecule has 1 heterocycles. The fourth-order valence-corrected chi connectivity index (χ4v) is 1.50. The van der Waals surface area contributed by atoms with Crippen LogP contribution in [0, 0.1) is 0 Å². The molecule has 88 valence electrons. The van der Waals surface area contributed by atoms with E-state index < -0.39 is 11.9 Å². The van der Waals surface area contributed by atoms with Crippen molar-refractivity contribution in [1.29, 1.82) is 0 Å². The van der Waals surface area contributed by atoms with Gasteiger partial charge in [-0.1, -0.05) is 6.07 Å². The Labute approximate surface area is 96.9 Å². The van der Waals surface area contributed by atoms with E-state index >= 15 is 0 Å². The summed E-state index contributed by atoms with van der Waals surface area (Å²) in [5.74, 6) is -0.373. The van der Waals surface area contributed by atoms with Crippen LogP contribution in [-0.4, -0.2) is 11.9 Å². The molecule has 5 heteroatoms. The maximum Gasteiger partial charge on any atom is 0.308 e. The van der Waals surface area contributed by atoms with Crippen molar-refractivity contribution in [2.75, 3.05) is 0 Å². The van der Waals surface area contributed by atoms with Gasteiger partial charge in [0.05, 0.1) is 0 Å². The predicted octanol–water partition coefficient (Wildman–Crippen LogP) is 2.28. The highest BCUT2D eigenvalue weighted by Gasteiger charge is 2.15. The first-order valence-corrected chi connectivity index (χ1v) is 4.95. The van der Waals surface area contributed by atoms with Gasteiger partial charge in [-0.15, -0.1) is 0 Å². The van der Waals surface area contributed by atoms with E-state index in [1.54, 1.807) is 18.2 Å². The number of fused-ring (bicyclic) bond motifs is 1. The van der Waals surface area contributed by atoms with E-state index in [1.807, 2.05) is 0 Å². The van der Waals surface area contributed by atoms with Gasteiger partial charge in [0, 0.05) is 13.8 Å². The van der Waals surface area contributed by atoms with Gasteiger partial charge in [0.2, 0.25) is 0 Å². The van der Waals surface area contributed by atoms with Gasteiger partial charge in [-0.3, -0.25) is 9.59 Å². The van der Waals surface area contributed by atoms with E-state index in [1.165, 1.54) is 20.1 Å². The van der Waals surface area contributed by atoms with Gasteiger partial charge in [-0.05, 0) is 12.1 Å². The summed E-state index contributed by atoms with van der Waals surface area (Å²) in [6, 6.07) is 4.98. The summed E-state index contributed by atoms with van der Waals surface area (Å²) in [5.41, 5.74) is 0.486. The first kappa shape index (κ1) is 11.2. The van der Waals surface area contributed by atoms with Crippen molar-refractivity contribution in [2.24, 2.45) is 0 Å². The summed E-state index contributed by atoms with van der Waals surface area (Å²) in [6.45, 7) is 2.58. The highest BCUT2D eigenvalue weighted by Crippen LogP contribution is 2.35. The number of hydrogen-bond donors (Lipinski definition) is 0. The van der Waals surface area contributed by atoms with E-state index in [2.05, 4.69) is 0 Å². The van der Waals surface area contributed by atoms with Crippen LogP contribution in [0.5, 0.6) is 11.5 Å². The van der Waals surface area contributed by atoms with E-state index in [9.17, 15) is 9.59 Å². The zero-order valence-corrected chi connectivity index (χ0v) is 9.35. The van der Waals surface area contributed by atoms with Gasteiger partial charge in [0.15, 0.2) is 5.75 Å². The summed E-state index contributed by atoms with van der Waals surface area (Å²) >= 11 is 0. The topological polar surface area (TPSA) is 65.7 Å². The van der Waals surface area contributed by atoms with Gasteiger partial charge in [-0.2, -0.15) is 0 Å². The predicted molar refractivity (Wildman–Crippen MR) is 58.8 cm³/mol. The molecule has 1 aromatic heterocycles. The van der Waals surface area contributed by atoms with Gasteiger partial charge in [0.25, 0.3) is 0 Å². The third-order valence-corrected chi connectivity index (χ3v) is 2.03. The molecule has 0 saturated carbocycles. The summed E-state index contributed by atoms with van der Waals surface area (Å²) in [6.07, 6.45) is 1.30. The van der Waals surface area contributed by atoms with Gasteiger partial charge in [0.1, 0.15) is 23.0 Å². The smallest absolute Gasteiger partial charge is 0.308 e. The molecular formula is C12H10O5. The maximum atomic E-state index is 11.0. The fraction of sp³-hybridized carbons (Fsp3) is 0.167. The molecule has 0 aliphatic heterocycles. The number of ether oxygens (including phenoxy) is 2. The minimum absolute atomic E-state index is 0.240. The molecule has 0 bridgehead atoms. The van der Waals surface area contributed by atoms with E-state index in [0.29, 0.717) is 16.7 Å². The first-order valence-electron chi connectivity index (χ1n) is 4.95. The monoisotopic (exact) mass is 234 g/mol. The van der Waals surface area contributed by atoms with Crippen LogP contribution < -0.4 is 9.47 Å². The quantitative estimate of drug-likeness (QED) is 0.589. The normalized spacial score (nSPS) is 10.2. The molecule has 0 atom stereocenters. The SMILES string of the molecule is CC(=O)Oc1cccc2occ(OC(C)=O)c12. The van der Waals surface area contributed by atoms with Crippen LogP contribution in [0.4, 0.5) is 0 Å². The van der Waals surface area contributed by atoms with Gasteiger partial charge in [-0.25, -0.2) is 0 Å². The summed E-state index contributed by atoms with van der Waals surface area (Å²) in [7, 11) is 0. The molecule has 0 amide bonds. The zero-order valence-electron chi connectivity index (χ0n) is 9.35. The second-order valence-corrected chi connectivity index (χ2v) is 3.42. The largest absolute Gasteiger partial charge is 0.460 e. The molecule has 0 fully saturated rings. The Bertz CT molecular complexity index is 582. The third-order valence-electron chi connectivity index (χ3n) is 2.03. The third kappa shape index (κ3) is 2.28. The van der Waals surface area contributed by atoms with Gasteiger partial charge >= 0.3 is 11.9 Å². The molecule has 17 heavy (non-hydrogen) atoms. The lowest BCUT2D eigenvalue weighted by molar-refractivity contribution is -0.132. The number of carbonyl (C=O) groups is 2. The maximum absolute atomic E-state index is 11.0. The van der Waals surface area contributed by atoms with Crippen molar-refractivity contribution in [3.05, 3.63) is 24.5 Å². The highest BCUT2D eigenvalue weighted by atomic mass is 16.6. The Kier molecular flexibility index (Phi) is 2.82. The number of carbonyl (C=O) groups excluding carboxylic acids is 2. The van der Waals surface area contributed by atoms with Crippen molar-refractivity contribution < 1.29 is 23.5 Å². The molecule has 0 aliphatic carbocycles. The van der Waals surface area contributed by atoms with Crippen LogP contribution in [0.1, 0.15) is 13.8 Å². The van der Waals surface area contributed by atoms with Crippen molar-refractivity contribution in [1.82, 2.24) is 0 Å². The number of rotatable bonds is 2. The standard InChI is InChI=1S/C12H10O5/c1-7(13)16-10-5-3-4-9-12(10)11(6-15-9)17-8(2)14/h3-6H,1-2H3. The molecule has 0 N–H and O–H groups in total. The molecule has 1 aromatic carbocycles. The lowest BCUT2D eigenvalue weighted by Gasteiger charge is -2.03. The number of esters is 2. The average molecular weight is 234 g/mol. The second kappa shape index (κ2) is 4.29. The number of furan rings is 1. The van der Waals surface area contributed by atoms with Crippen molar-refractivity contribution in [3.8, 4) is 11.5 Å². The van der Waals surface area contributed by atoms with Crippen molar-refractivity contribution in [3.63, 3.8) is 0 Å².